The van der Waals surface area contributed by atoms with Crippen LogP contribution in [0, 0.1) is 6.92 Å². The lowest BCUT2D eigenvalue weighted by Crippen LogP contribution is -2.25. The minimum absolute atomic E-state index is 0.0292. The molecule has 1 N–H and O–H groups in total. The highest BCUT2D eigenvalue weighted by molar-refractivity contribution is 5.94. The maximum Gasteiger partial charge on any atom is 0.251 e. The van der Waals surface area contributed by atoms with Crippen molar-refractivity contribution in [2.75, 3.05) is 13.7 Å². The molecule has 3 heteroatoms. The van der Waals surface area contributed by atoms with Gasteiger partial charge in [-0.2, -0.15) is 0 Å². The van der Waals surface area contributed by atoms with Crippen LogP contribution in [0.25, 0.3) is 0 Å². The lowest BCUT2D eigenvalue weighted by atomic mass is 10.1. The van der Waals surface area contributed by atoms with Gasteiger partial charge >= 0.3 is 0 Å². The Morgan fingerprint density at radius 1 is 1.05 bits per heavy atom. The van der Waals surface area contributed by atoms with E-state index in [4.69, 9.17) is 4.74 Å². The number of benzene rings is 2. The maximum absolute atomic E-state index is 11.9. The summed E-state index contributed by atoms with van der Waals surface area (Å²) in [7, 11) is 1.65. The average molecular weight is 269 g/mol. The van der Waals surface area contributed by atoms with Crippen LogP contribution in [-0.2, 0) is 6.42 Å². The third-order valence-electron chi connectivity index (χ3n) is 3.17. The Morgan fingerprint density at radius 2 is 1.70 bits per heavy atom. The number of hydrogen-bond donors (Lipinski definition) is 1. The number of nitrogens with one attached hydrogen (secondary N) is 1. The van der Waals surface area contributed by atoms with Crippen LogP contribution in [0.4, 0.5) is 0 Å². The Bertz CT molecular complexity index is 559. The molecule has 0 aromatic heterocycles. The Balaban J connectivity index is 1.82. The van der Waals surface area contributed by atoms with Crippen LogP contribution in [0.3, 0.4) is 0 Å². The highest BCUT2D eigenvalue weighted by Crippen LogP contribution is 2.11. The zero-order valence-corrected chi connectivity index (χ0v) is 11.8. The van der Waals surface area contributed by atoms with Crippen LogP contribution < -0.4 is 10.1 Å². The van der Waals surface area contributed by atoms with Crippen molar-refractivity contribution < 1.29 is 9.53 Å². The van der Waals surface area contributed by atoms with Crippen molar-refractivity contribution in [3.63, 3.8) is 0 Å². The first kappa shape index (κ1) is 14.1. The molecule has 0 unspecified atom stereocenters. The molecule has 0 aliphatic carbocycles. The van der Waals surface area contributed by atoms with Gasteiger partial charge in [0.2, 0.25) is 0 Å². The topological polar surface area (TPSA) is 38.3 Å². The summed E-state index contributed by atoms with van der Waals surface area (Å²) in [5.41, 5.74) is 3.03. The summed E-state index contributed by atoms with van der Waals surface area (Å²) in [6.45, 7) is 2.63. The number of amides is 1. The minimum atomic E-state index is -0.0292. The molecule has 0 atom stereocenters. The van der Waals surface area contributed by atoms with Crippen LogP contribution in [-0.4, -0.2) is 19.6 Å². The van der Waals surface area contributed by atoms with Gasteiger partial charge in [-0.3, -0.25) is 4.79 Å². The van der Waals surface area contributed by atoms with Crippen LogP contribution >= 0.6 is 0 Å². The summed E-state index contributed by atoms with van der Waals surface area (Å²) in [6.07, 6.45) is 0.807. The van der Waals surface area contributed by atoms with Gasteiger partial charge in [0.05, 0.1) is 7.11 Å². The number of methoxy groups -OCH3 is 1. The van der Waals surface area contributed by atoms with Gasteiger partial charge in [-0.25, -0.2) is 0 Å². The molecular formula is C17H19NO2. The molecule has 0 heterocycles. The summed E-state index contributed by atoms with van der Waals surface area (Å²) < 4.78 is 5.11. The lowest BCUT2D eigenvalue weighted by Gasteiger charge is -2.06. The van der Waals surface area contributed by atoms with E-state index in [1.54, 1.807) is 7.11 Å². The molecule has 0 saturated carbocycles. The fourth-order valence-electron chi connectivity index (χ4n) is 1.92. The molecule has 2 aromatic carbocycles. The van der Waals surface area contributed by atoms with Gasteiger partial charge in [0.15, 0.2) is 0 Å². The number of rotatable bonds is 5. The molecule has 0 fully saturated rings. The molecule has 104 valence electrons. The zero-order valence-electron chi connectivity index (χ0n) is 11.8. The number of aryl methyl sites for hydroxylation is 1. The van der Waals surface area contributed by atoms with E-state index in [1.807, 2.05) is 55.5 Å². The SMILES string of the molecule is COc1ccc(CCNC(=O)c2ccc(C)cc2)cc1. The molecule has 0 aliphatic rings. The highest BCUT2D eigenvalue weighted by Gasteiger charge is 2.04. The smallest absolute Gasteiger partial charge is 0.251 e. The summed E-state index contributed by atoms with van der Waals surface area (Å²) >= 11 is 0. The third kappa shape index (κ3) is 3.85. The second kappa shape index (κ2) is 6.75. The van der Waals surface area contributed by atoms with Crippen molar-refractivity contribution in [2.24, 2.45) is 0 Å². The standard InChI is InChI=1S/C17H19NO2/c1-13-3-7-15(8-4-13)17(19)18-12-11-14-5-9-16(20-2)10-6-14/h3-10H,11-12H2,1-2H3,(H,18,19). The second-order valence-electron chi connectivity index (χ2n) is 4.72. The van der Waals surface area contributed by atoms with E-state index in [0.29, 0.717) is 12.1 Å². The van der Waals surface area contributed by atoms with E-state index in [2.05, 4.69) is 5.32 Å². The summed E-state index contributed by atoms with van der Waals surface area (Å²) in [4.78, 5) is 11.9. The number of hydrogen-bond acceptors (Lipinski definition) is 2. The first-order valence-electron chi connectivity index (χ1n) is 6.67. The van der Waals surface area contributed by atoms with Crippen molar-refractivity contribution >= 4 is 5.91 Å². The van der Waals surface area contributed by atoms with Gasteiger partial charge in [0.1, 0.15) is 5.75 Å². The first-order valence-corrected chi connectivity index (χ1v) is 6.67. The van der Waals surface area contributed by atoms with Crippen molar-refractivity contribution in [1.29, 1.82) is 0 Å². The zero-order chi connectivity index (χ0) is 14.4. The Labute approximate surface area is 119 Å². The molecular weight excluding hydrogens is 250 g/mol. The molecule has 3 nitrogen and oxygen atoms in total. The van der Waals surface area contributed by atoms with E-state index in [-0.39, 0.29) is 5.91 Å². The van der Waals surface area contributed by atoms with Gasteiger partial charge in [-0.05, 0) is 43.2 Å². The molecule has 2 rings (SSSR count). The quantitative estimate of drug-likeness (QED) is 0.906. The van der Waals surface area contributed by atoms with Gasteiger partial charge in [0.25, 0.3) is 5.91 Å². The highest BCUT2D eigenvalue weighted by atomic mass is 16.5. The number of carbonyl (C=O) groups is 1. The van der Waals surface area contributed by atoms with Crippen LogP contribution in [0.2, 0.25) is 0 Å². The van der Waals surface area contributed by atoms with E-state index in [0.717, 1.165) is 17.7 Å². The summed E-state index contributed by atoms with van der Waals surface area (Å²) in [5, 5.41) is 2.93. The van der Waals surface area contributed by atoms with Crippen molar-refractivity contribution in [2.45, 2.75) is 13.3 Å². The first-order chi connectivity index (χ1) is 9.69. The summed E-state index contributed by atoms with van der Waals surface area (Å²) in [5.74, 6) is 0.816. The molecule has 0 spiro atoms. The van der Waals surface area contributed by atoms with Crippen LogP contribution in [0.15, 0.2) is 48.5 Å². The van der Waals surface area contributed by atoms with Gasteiger partial charge < -0.3 is 10.1 Å². The van der Waals surface area contributed by atoms with Crippen molar-refractivity contribution in [1.82, 2.24) is 5.32 Å². The molecule has 0 saturated heterocycles. The lowest BCUT2D eigenvalue weighted by molar-refractivity contribution is 0.0954. The molecule has 0 bridgehead atoms. The fourth-order valence-corrected chi connectivity index (χ4v) is 1.92. The maximum atomic E-state index is 11.9. The number of ether oxygens (including phenoxy) is 1. The Kier molecular flexibility index (Phi) is 4.77. The Hall–Kier alpha value is -2.29. The molecule has 1 amide bonds. The molecule has 0 radical (unpaired) electrons. The van der Waals surface area contributed by atoms with Crippen molar-refractivity contribution in [3.8, 4) is 5.75 Å². The van der Waals surface area contributed by atoms with Gasteiger partial charge in [-0.15, -0.1) is 0 Å². The Morgan fingerprint density at radius 3 is 2.30 bits per heavy atom. The third-order valence-corrected chi connectivity index (χ3v) is 3.17. The van der Waals surface area contributed by atoms with E-state index in [1.165, 1.54) is 5.56 Å². The van der Waals surface area contributed by atoms with Crippen LogP contribution in [0.1, 0.15) is 21.5 Å². The van der Waals surface area contributed by atoms with E-state index in [9.17, 15) is 4.79 Å². The average Bonchev–Trinajstić information content (AvgIpc) is 2.48. The predicted octanol–water partition coefficient (Wildman–Crippen LogP) is 2.98. The fraction of sp³-hybridized carbons (Fsp3) is 0.235. The predicted molar refractivity (Wildman–Crippen MR) is 80.2 cm³/mol. The van der Waals surface area contributed by atoms with Gasteiger partial charge in [0, 0.05) is 12.1 Å². The largest absolute Gasteiger partial charge is 0.497 e. The van der Waals surface area contributed by atoms with Gasteiger partial charge in [-0.1, -0.05) is 29.8 Å². The monoisotopic (exact) mass is 269 g/mol. The molecule has 20 heavy (non-hydrogen) atoms. The van der Waals surface area contributed by atoms with E-state index < -0.39 is 0 Å². The molecule has 2 aromatic rings. The summed E-state index contributed by atoms with van der Waals surface area (Å²) in [6, 6.07) is 15.5. The number of carbonyl (C=O) groups excluding carboxylic acids is 1. The van der Waals surface area contributed by atoms with Crippen molar-refractivity contribution in [3.05, 3.63) is 65.2 Å². The second-order valence-corrected chi connectivity index (χ2v) is 4.72. The minimum Gasteiger partial charge on any atom is -0.497 e. The molecule has 0 aliphatic heterocycles. The van der Waals surface area contributed by atoms with E-state index >= 15 is 0 Å². The normalized spacial score (nSPS) is 10.1. The van der Waals surface area contributed by atoms with Crippen LogP contribution in [0.5, 0.6) is 5.75 Å².